The van der Waals surface area contributed by atoms with Crippen LogP contribution in [0.2, 0.25) is 0 Å². The Hall–Kier alpha value is -2.29. The molecular formula is C17H19NO2. The van der Waals surface area contributed by atoms with Gasteiger partial charge in [0.25, 0.3) is 5.91 Å². The van der Waals surface area contributed by atoms with Crippen LogP contribution >= 0.6 is 0 Å². The normalized spacial score (nSPS) is 10.1. The first kappa shape index (κ1) is 14.1. The van der Waals surface area contributed by atoms with Crippen LogP contribution in [0.15, 0.2) is 54.6 Å². The lowest BCUT2D eigenvalue weighted by Gasteiger charge is -2.15. The second-order valence-corrected chi connectivity index (χ2v) is 4.62. The molecule has 0 bridgehead atoms. The van der Waals surface area contributed by atoms with E-state index in [-0.39, 0.29) is 5.91 Å². The fourth-order valence-corrected chi connectivity index (χ4v) is 1.82. The fourth-order valence-electron chi connectivity index (χ4n) is 1.82. The van der Waals surface area contributed by atoms with Gasteiger partial charge in [0.1, 0.15) is 12.4 Å². The minimum Gasteiger partial charge on any atom is -0.489 e. The monoisotopic (exact) mass is 269 g/mol. The highest BCUT2D eigenvalue weighted by molar-refractivity contribution is 5.94. The maximum atomic E-state index is 12.1. The Labute approximate surface area is 119 Å². The molecule has 0 heterocycles. The standard InChI is InChI=1S/C17H19NO2/c1-3-18(2)17(19)15-10-7-11-16(12-15)20-13-14-8-5-4-6-9-14/h4-12H,3,13H2,1-2H3. The van der Waals surface area contributed by atoms with Crippen LogP contribution < -0.4 is 4.74 Å². The molecule has 104 valence electrons. The Balaban J connectivity index is 2.05. The van der Waals surface area contributed by atoms with Gasteiger partial charge in [-0.05, 0) is 30.7 Å². The van der Waals surface area contributed by atoms with E-state index in [1.807, 2.05) is 55.5 Å². The lowest BCUT2D eigenvalue weighted by molar-refractivity contribution is 0.0802. The zero-order valence-electron chi connectivity index (χ0n) is 11.9. The number of benzene rings is 2. The van der Waals surface area contributed by atoms with Crippen molar-refractivity contribution < 1.29 is 9.53 Å². The van der Waals surface area contributed by atoms with E-state index in [4.69, 9.17) is 4.74 Å². The van der Waals surface area contributed by atoms with Gasteiger partial charge in [-0.25, -0.2) is 0 Å². The predicted molar refractivity (Wildman–Crippen MR) is 79.9 cm³/mol. The Morgan fingerprint density at radius 1 is 1.10 bits per heavy atom. The molecule has 2 aromatic carbocycles. The van der Waals surface area contributed by atoms with Crippen LogP contribution in [0.25, 0.3) is 0 Å². The fraction of sp³-hybridized carbons (Fsp3) is 0.235. The summed E-state index contributed by atoms with van der Waals surface area (Å²) in [5.74, 6) is 0.724. The summed E-state index contributed by atoms with van der Waals surface area (Å²) in [5.41, 5.74) is 1.76. The Bertz CT molecular complexity index is 566. The molecule has 0 aliphatic carbocycles. The predicted octanol–water partition coefficient (Wildman–Crippen LogP) is 3.36. The molecule has 0 aromatic heterocycles. The quantitative estimate of drug-likeness (QED) is 0.833. The number of nitrogens with zero attached hydrogens (tertiary/aromatic N) is 1. The van der Waals surface area contributed by atoms with E-state index in [9.17, 15) is 4.79 Å². The molecular weight excluding hydrogens is 250 g/mol. The van der Waals surface area contributed by atoms with Gasteiger partial charge in [-0.3, -0.25) is 4.79 Å². The summed E-state index contributed by atoms with van der Waals surface area (Å²) in [5, 5.41) is 0. The van der Waals surface area contributed by atoms with E-state index in [1.165, 1.54) is 0 Å². The van der Waals surface area contributed by atoms with Gasteiger partial charge in [0.2, 0.25) is 0 Å². The molecule has 3 nitrogen and oxygen atoms in total. The first-order chi connectivity index (χ1) is 9.70. The summed E-state index contributed by atoms with van der Waals surface area (Å²) < 4.78 is 5.73. The van der Waals surface area contributed by atoms with Gasteiger partial charge in [-0.1, -0.05) is 36.4 Å². The average Bonchev–Trinajstić information content (AvgIpc) is 2.52. The van der Waals surface area contributed by atoms with E-state index in [1.54, 1.807) is 18.0 Å². The van der Waals surface area contributed by atoms with Crippen LogP contribution in [0.1, 0.15) is 22.8 Å². The van der Waals surface area contributed by atoms with Crippen LogP contribution in [-0.2, 0) is 6.61 Å². The summed E-state index contributed by atoms with van der Waals surface area (Å²) in [4.78, 5) is 13.7. The summed E-state index contributed by atoms with van der Waals surface area (Å²) in [6.45, 7) is 3.14. The molecule has 0 saturated carbocycles. The number of amides is 1. The lowest BCUT2D eigenvalue weighted by Crippen LogP contribution is -2.26. The molecule has 0 fully saturated rings. The van der Waals surface area contributed by atoms with E-state index in [2.05, 4.69) is 0 Å². The van der Waals surface area contributed by atoms with Gasteiger partial charge < -0.3 is 9.64 Å². The molecule has 1 amide bonds. The Morgan fingerprint density at radius 3 is 2.55 bits per heavy atom. The topological polar surface area (TPSA) is 29.5 Å². The third-order valence-corrected chi connectivity index (χ3v) is 3.15. The summed E-state index contributed by atoms with van der Waals surface area (Å²) in [6.07, 6.45) is 0. The summed E-state index contributed by atoms with van der Waals surface area (Å²) in [7, 11) is 1.79. The Kier molecular flexibility index (Phi) is 4.77. The van der Waals surface area contributed by atoms with Crippen molar-refractivity contribution in [1.29, 1.82) is 0 Å². The summed E-state index contributed by atoms with van der Waals surface area (Å²) >= 11 is 0. The first-order valence-corrected chi connectivity index (χ1v) is 6.73. The molecule has 20 heavy (non-hydrogen) atoms. The molecule has 0 atom stereocenters. The molecule has 0 aliphatic heterocycles. The molecule has 0 unspecified atom stereocenters. The van der Waals surface area contributed by atoms with Gasteiger partial charge >= 0.3 is 0 Å². The number of hydrogen-bond acceptors (Lipinski definition) is 2. The highest BCUT2D eigenvalue weighted by Crippen LogP contribution is 2.16. The van der Waals surface area contributed by atoms with Crippen molar-refractivity contribution in [2.24, 2.45) is 0 Å². The number of hydrogen-bond donors (Lipinski definition) is 0. The molecule has 0 spiro atoms. The molecule has 0 N–H and O–H groups in total. The summed E-state index contributed by atoms with van der Waals surface area (Å²) in [6, 6.07) is 17.3. The van der Waals surface area contributed by atoms with Crippen LogP contribution in [-0.4, -0.2) is 24.4 Å². The molecule has 0 radical (unpaired) electrons. The smallest absolute Gasteiger partial charge is 0.253 e. The van der Waals surface area contributed by atoms with Crippen molar-refractivity contribution in [3.05, 3.63) is 65.7 Å². The maximum Gasteiger partial charge on any atom is 0.253 e. The van der Waals surface area contributed by atoms with Crippen molar-refractivity contribution in [1.82, 2.24) is 4.90 Å². The number of carbonyl (C=O) groups excluding carboxylic acids is 1. The van der Waals surface area contributed by atoms with Gasteiger partial charge in [0.15, 0.2) is 0 Å². The average molecular weight is 269 g/mol. The van der Waals surface area contributed by atoms with Gasteiger partial charge in [0.05, 0.1) is 0 Å². The van der Waals surface area contributed by atoms with Crippen molar-refractivity contribution in [2.75, 3.05) is 13.6 Å². The van der Waals surface area contributed by atoms with Crippen molar-refractivity contribution in [3.8, 4) is 5.75 Å². The van der Waals surface area contributed by atoms with Gasteiger partial charge in [0, 0.05) is 19.2 Å². The number of carbonyl (C=O) groups is 1. The highest BCUT2D eigenvalue weighted by Gasteiger charge is 2.10. The zero-order chi connectivity index (χ0) is 14.4. The number of ether oxygens (including phenoxy) is 1. The molecule has 0 saturated heterocycles. The van der Waals surface area contributed by atoms with Crippen molar-refractivity contribution in [3.63, 3.8) is 0 Å². The second kappa shape index (κ2) is 6.75. The minimum absolute atomic E-state index is 0.0117. The van der Waals surface area contributed by atoms with E-state index in [0.29, 0.717) is 24.5 Å². The zero-order valence-corrected chi connectivity index (χ0v) is 11.9. The SMILES string of the molecule is CCN(C)C(=O)c1cccc(OCc2ccccc2)c1. The van der Waals surface area contributed by atoms with Crippen LogP contribution in [0, 0.1) is 0 Å². The maximum absolute atomic E-state index is 12.1. The minimum atomic E-state index is 0.0117. The second-order valence-electron chi connectivity index (χ2n) is 4.62. The third kappa shape index (κ3) is 3.60. The van der Waals surface area contributed by atoms with Crippen molar-refractivity contribution in [2.45, 2.75) is 13.5 Å². The molecule has 3 heteroatoms. The Morgan fingerprint density at radius 2 is 1.85 bits per heavy atom. The highest BCUT2D eigenvalue weighted by atomic mass is 16.5. The van der Waals surface area contributed by atoms with E-state index < -0.39 is 0 Å². The molecule has 2 rings (SSSR count). The van der Waals surface area contributed by atoms with Crippen molar-refractivity contribution >= 4 is 5.91 Å². The van der Waals surface area contributed by atoms with Crippen LogP contribution in [0.3, 0.4) is 0 Å². The van der Waals surface area contributed by atoms with Gasteiger partial charge in [-0.2, -0.15) is 0 Å². The van der Waals surface area contributed by atoms with E-state index >= 15 is 0 Å². The van der Waals surface area contributed by atoms with Crippen LogP contribution in [0.5, 0.6) is 5.75 Å². The van der Waals surface area contributed by atoms with E-state index in [0.717, 1.165) is 5.56 Å². The largest absolute Gasteiger partial charge is 0.489 e. The molecule has 2 aromatic rings. The lowest BCUT2D eigenvalue weighted by atomic mass is 10.2. The number of rotatable bonds is 5. The first-order valence-electron chi connectivity index (χ1n) is 6.73. The van der Waals surface area contributed by atoms with Gasteiger partial charge in [-0.15, -0.1) is 0 Å². The molecule has 0 aliphatic rings. The third-order valence-electron chi connectivity index (χ3n) is 3.15. The van der Waals surface area contributed by atoms with Crippen LogP contribution in [0.4, 0.5) is 0 Å².